The van der Waals surface area contributed by atoms with Crippen LogP contribution in [0.3, 0.4) is 0 Å². The fourth-order valence-corrected chi connectivity index (χ4v) is 1.65. The number of carbonyl (C=O) groups excluding carboxylic acids is 1. The van der Waals surface area contributed by atoms with E-state index in [2.05, 4.69) is 5.32 Å². The summed E-state index contributed by atoms with van der Waals surface area (Å²) in [5, 5.41) is 3.21. The predicted octanol–water partition coefficient (Wildman–Crippen LogP) is 2.72. The number of benzene rings is 1. The number of nitrogens with zero attached hydrogens (tertiary/aromatic N) is 1. The number of hydrogen-bond donors (Lipinski definition) is 1. The maximum atomic E-state index is 11.7. The van der Waals surface area contributed by atoms with Gasteiger partial charge in [-0.05, 0) is 18.2 Å². The Morgan fingerprint density at radius 1 is 1.31 bits per heavy atom. The lowest BCUT2D eigenvalue weighted by Crippen LogP contribution is -2.36. The maximum Gasteiger partial charge on any atom is 0.252 e. The second-order valence-electron chi connectivity index (χ2n) is 3.08. The molecule has 16 heavy (non-hydrogen) atoms. The molecule has 1 amide bonds. The number of carbonyl (C=O) groups is 1. The molecule has 0 aliphatic carbocycles. The van der Waals surface area contributed by atoms with Crippen LogP contribution in [0.25, 0.3) is 0 Å². The summed E-state index contributed by atoms with van der Waals surface area (Å²) in [5.41, 5.74) is 0.511. The van der Waals surface area contributed by atoms with Gasteiger partial charge in [-0.15, -0.1) is 23.2 Å². The minimum Gasteiger partial charge on any atom is -0.339 e. The van der Waals surface area contributed by atoms with E-state index in [9.17, 15) is 4.79 Å². The van der Waals surface area contributed by atoms with Gasteiger partial charge in [0.15, 0.2) is 0 Å². The van der Waals surface area contributed by atoms with Crippen molar-refractivity contribution >= 4 is 40.7 Å². The van der Waals surface area contributed by atoms with Gasteiger partial charge in [0.1, 0.15) is 0 Å². The van der Waals surface area contributed by atoms with E-state index in [4.69, 9.17) is 34.8 Å². The van der Waals surface area contributed by atoms with E-state index in [-0.39, 0.29) is 17.9 Å². The predicted molar refractivity (Wildman–Crippen MR) is 67.1 cm³/mol. The minimum absolute atomic E-state index is 0.206. The van der Waals surface area contributed by atoms with Crippen molar-refractivity contribution in [1.82, 2.24) is 10.2 Å². The lowest BCUT2D eigenvalue weighted by Gasteiger charge is -2.16. The van der Waals surface area contributed by atoms with Gasteiger partial charge >= 0.3 is 0 Å². The normalized spacial score (nSPS) is 10.5. The number of amides is 1. The molecule has 0 heterocycles. The van der Waals surface area contributed by atoms with Gasteiger partial charge in [0.2, 0.25) is 0 Å². The SMILES string of the molecule is O=C(NCN(CCl)CCl)c1cccc(Cl)c1. The van der Waals surface area contributed by atoms with Crippen molar-refractivity contribution < 1.29 is 4.79 Å². The first-order valence-electron chi connectivity index (χ1n) is 4.55. The molecule has 0 atom stereocenters. The molecule has 0 aliphatic rings. The van der Waals surface area contributed by atoms with Crippen LogP contribution >= 0.6 is 34.8 Å². The fraction of sp³-hybridized carbons (Fsp3) is 0.300. The summed E-state index contributed by atoms with van der Waals surface area (Å²) in [7, 11) is 0. The van der Waals surface area contributed by atoms with Crippen LogP contribution in [0.5, 0.6) is 0 Å². The molecular formula is C10H11Cl3N2O. The van der Waals surface area contributed by atoms with Crippen molar-refractivity contribution in [3.63, 3.8) is 0 Å². The molecule has 0 fully saturated rings. The number of alkyl halides is 2. The van der Waals surface area contributed by atoms with Gasteiger partial charge < -0.3 is 5.32 Å². The monoisotopic (exact) mass is 280 g/mol. The summed E-state index contributed by atoms with van der Waals surface area (Å²) < 4.78 is 0. The molecular weight excluding hydrogens is 270 g/mol. The van der Waals surface area contributed by atoms with Crippen molar-refractivity contribution in [2.45, 2.75) is 0 Å². The Kier molecular flexibility index (Phi) is 5.91. The maximum absolute atomic E-state index is 11.7. The molecule has 0 saturated carbocycles. The minimum atomic E-state index is -0.206. The molecule has 88 valence electrons. The molecule has 1 aromatic carbocycles. The Bertz CT molecular complexity index is 356. The van der Waals surface area contributed by atoms with Gasteiger partial charge in [0.25, 0.3) is 5.91 Å². The zero-order chi connectivity index (χ0) is 12.0. The first-order chi connectivity index (χ1) is 7.67. The largest absolute Gasteiger partial charge is 0.339 e. The van der Waals surface area contributed by atoms with E-state index < -0.39 is 0 Å². The van der Waals surface area contributed by atoms with Gasteiger partial charge in [-0.1, -0.05) is 17.7 Å². The molecule has 0 spiro atoms. The summed E-state index contributed by atoms with van der Waals surface area (Å²) >= 11 is 17.0. The lowest BCUT2D eigenvalue weighted by atomic mass is 10.2. The molecule has 1 N–H and O–H groups in total. The second kappa shape index (κ2) is 6.97. The van der Waals surface area contributed by atoms with Crippen molar-refractivity contribution in [2.24, 2.45) is 0 Å². The highest BCUT2D eigenvalue weighted by molar-refractivity contribution is 6.30. The topological polar surface area (TPSA) is 32.3 Å². The van der Waals surface area contributed by atoms with E-state index in [1.54, 1.807) is 29.2 Å². The zero-order valence-electron chi connectivity index (χ0n) is 8.42. The Labute approximate surface area is 109 Å². The molecule has 1 rings (SSSR count). The molecule has 0 aromatic heterocycles. The van der Waals surface area contributed by atoms with Crippen LogP contribution in [0.1, 0.15) is 10.4 Å². The molecule has 0 radical (unpaired) electrons. The fourth-order valence-electron chi connectivity index (χ4n) is 1.03. The number of nitrogens with one attached hydrogen (secondary N) is 1. The summed E-state index contributed by atoms with van der Waals surface area (Å²) in [6.07, 6.45) is 0. The Morgan fingerprint density at radius 3 is 2.56 bits per heavy atom. The standard InChI is InChI=1S/C10H11Cl3N2O/c11-5-15(6-12)7-14-10(16)8-2-1-3-9(13)4-8/h1-4H,5-7H2,(H,14,16). The van der Waals surface area contributed by atoms with Crippen molar-refractivity contribution in [3.05, 3.63) is 34.9 Å². The first kappa shape index (κ1) is 13.6. The zero-order valence-corrected chi connectivity index (χ0v) is 10.7. The van der Waals surface area contributed by atoms with Crippen LogP contribution in [-0.4, -0.2) is 29.5 Å². The first-order valence-corrected chi connectivity index (χ1v) is 6.00. The van der Waals surface area contributed by atoms with Crippen LogP contribution in [0.2, 0.25) is 5.02 Å². The van der Waals surface area contributed by atoms with E-state index in [1.807, 2.05) is 0 Å². The third kappa shape index (κ3) is 4.18. The molecule has 0 saturated heterocycles. The molecule has 0 bridgehead atoms. The van der Waals surface area contributed by atoms with Crippen molar-refractivity contribution in [1.29, 1.82) is 0 Å². The quantitative estimate of drug-likeness (QED) is 0.511. The average molecular weight is 282 g/mol. The van der Waals surface area contributed by atoms with Crippen LogP contribution in [0, 0.1) is 0 Å². The van der Waals surface area contributed by atoms with Gasteiger partial charge in [0, 0.05) is 10.6 Å². The molecule has 0 aliphatic heterocycles. The highest BCUT2D eigenvalue weighted by Gasteiger charge is 2.07. The van der Waals surface area contributed by atoms with E-state index in [1.165, 1.54) is 0 Å². The lowest BCUT2D eigenvalue weighted by molar-refractivity contribution is 0.0932. The Balaban J connectivity index is 2.52. The Hall–Kier alpha value is -0.480. The molecule has 0 unspecified atom stereocenters. The van der Waals surface area contributed by atoms with Gasteiger partial charge in [-0.3, -0.25) is 9.69 Å². The summed E-state index contributed by atoms with van der Waals surface area (Å²) in [6, 6.07) is 7.24. The highest BCUT2D eigenvalue weighted by Crippen LogP contribution is 2.10. The van der Waals surface area contributed by atoms with E-state index in [0.29, 0.717) is 17.3 Å². The van der Waals surface area contributed by atoms with Crippen LogP contribution in [0.15, 0.2) is 24.3 Å². The average Bonchev–Trinajstić information content (AvgIpc) is 2.30. The number of hydrogen-bond acceptors (Lipinski definition) is 2. The number of rotatable bonds is 5. The highest BCUT2D eigenvalue weighted by atomic mass is 35.5. The smallest absolute Gasteiger partial charge is 0.252 e. The van der Waals surface area contributed by atoms with Crippen molar-refractivity contribution in [3.8, 4) is 0 Å². The van der Waals surface area contributed by atoms with Gasteiger partial charge in [-0.2, -0.15) is 0 Å². The third-order valence-corrected chi connectivity index (χ3v) is 2.80. The van der Waals surface area contributed by atoms with Crippen LogP contribution in [0.4, 0.5) is 0 Å². The van der Waals surface area contributed by atoms with E-state index in [0.717, 1.165) is 0 Å². The number of halogens is 3. The summed E-state index contributed by atoms with van der Waals surface area (Å²) in [6.45, 7) is 0.304. The van der Waals surface area contributed by atoms with Crippen LogP contribution < -0.4 is 5.32 Å². The van der Waals surface area contributed by atoms with Gasteiger partial charge in [-0.25, -0.2) is 0 Å². The molecule has 6 heteroatoms. The Morgan fingerprint density at radius 2 is 2.00 bits per heavy atom. The summed E-state index contributed by atoms with van der Waals surface area (Å²) in [4.78, 5) is 13.3. The second-order valence-corrected chi connectivity index (χ2v) is 4.00. The van der Waals surface area contributed by atoms with Gasteiger partial charge in [0.05, 0.1) is 18.7 Å². The molecule has 3 nitrogen and oxygen atoms in total. The van der Waals surface area contributed by atoms with Crippen LogP contribution in [-0.2, 0) is 0 Å². The molecule has 1 aromatic rings. The van der Waals surface area contributed by atoms with E-state index >= 15 is 0 Å². The van der Waals surface area contributed by atoms with Crippen molar-refractivity contribution in [2.75, 3.05) is 18.7 Å². The summed E-state index contributed by atoms with van der Waals surface area (Å²) in [5.74, 6) is -0.206. The third-order valence-electron chi connectivity index (χ3n) is 1.89.